The fourth-order valence-electron chi connectivity index (χ4n) is 3.42. The molecule has 29 heavy (non-hydrogen) atoms. The molecule has 0 aromatic carbocycles. The van der Waals surface area contributed by atoms with Crippen molar-refractivity contribution in [2.75, 3.05) is 0 Å². The molecule has 0 aliphatic carbocycles. The summed E-state index contributed by atoms with van der Waals surface area (Å²) in [5, 5.41) is 8.58. The SMILES string of the molecule is CCCCCCCC=CCC=CCC=CCCCCCCCCCCCC(=O)O. The molecule has 2 nitrogen and oxygen atoms in total. The lowest BCUT2D eigenvalue weighted by Crippen LogP contribution is -1.93. The number of unbranched alkanes of at least 4 members (excludes halogenated alkanes) is 14. The second-order valence-corrected chi connectivity index (χ2v) is 8.20. The molecule has 0 spiro atoms. The summed E-state index contributed by atoms with van der Waals surface area (Å²) < 4.78 is 0. The minimum absolute atomic E-state index is 0.333. The van der Waals surface area contributed by atoms with Gasteiger partial charge in [0.1, 0.15) is 0 Å². The zero-order valence-corrected chi connectivity index (χ0v) is 19.3. The molecule has 0 aliphatic heterocycles. The maximum Gasteiger partial charge on any atom is 0.303 e. The Labute approximate surface area is 181 Å². The highest BCUT2D eigenvalue weighted by Gasteiger charge is 1.96. The van der Waals surface area contributed by atoms with Crippen molar-refractivity contribution in [1.82, 2.24) is 0 Å². The third-order valence-corrected chi connectivity index (χ3v) is 5.28. The number of carbonyl (C=O) groups is 1. The van der Waals surface area contributed by atoms with Crippen LogP contribution >= 0.6 is 0 Å². The molecule has 0 amide bonds. The summed E-state index contributed by atoms with van der Waals surface area (Å²) in [5.74, 6) is -0.661. The second-order valence-electron chi connectivity index (χ2n) is 8.20. The lowest BCUT2D eigenvalue weighted by atomic mass is 10.1. The van der Waals surface area contributed by atoms with E-state index in [1.165, 1.54) is 89.9 Å². The highest BCUT2D eigenvalue weighted by molar-refractivity contribution is 5.66. The van der Waals surface area contributed by atoms with Crippen molar-refractivity contribution in [2.24, 2.45) is 0 Å². The zero-order chi connectivity index (χ0) is 21.3. The fraction of sp³-hybridized carbons (Fsp3) is 0.741. The summed E-state index contributed by atoms with van der Waals surface area (Å²) in [6.07, 6.45) is 36.6. The van der Waals surface area contributed by atoms with E-state index in [1.807, 2.05) is 0 Å². The Bertz CT molecular complexity index is 420. The van der Waals surface area contributed by atoms with Crippen LogP contribution in [0.25, 0.3) is 0 Å². The number of rotatable bonds is 22. The van der Waals surface area contributed by atoms with E-state index < -0.39 is 5.97 Å². The number of hydrogen-bond acceptors (Lipinski definition) is 1. The van der Waals surface area contributed by atoms with E-state index in [0.29, 0.717) is 6.42 Å². The first-order valence-electron chi connectivity index (χ1n) is 12.4. The molecular formula is C27H48O2. The molecule has 1 N–H and O–H groups in total. The molecule has 0 aromatic heterocycles. The monoisotopic (exact) mass is 404 g/mol. The summed E-state index contributed by atoms with van der Waals surface area (Å²) >= 11 is 0. The predicted molar refractivity (Wildman–Crippen MR) is 128 cm³/mol. The van der Waals surface area contributed by atoms with Crippen LogP contribution in [-0.4, -0.2) is 11.1 Å². The third-order valence-electron chi connectivity index (χ3n) is 5.28. The Morgan fingerprint density at radius 3 is 1.38 bits per heavy atom. The lowest BCUT2D eigenvalue weighted by Gasteiger charge is -2.01. The fourth-order valence-corrected chi connectivity index (χ4v) is 3.42. The van der Waals surface area contributed by atoms with Gasteiger partial charge in [-0.3, -0.25) is 4.79 Å². The lowest BCUT2D eigenvalue weighted by molar-refractivity contribution is -0.137. The summed E-state index contributed by atoms with van der Waals surface area (Å²) in [6, 6.07) is 0. The topological polar surface area (TPSA) is 37.3 Å². The first-order valence-corrected chi connectivity index (χ1v) is 12.4. The van der Waals surface area contributed by atoms with E-state index >= 15 is 0 Å². The molecule has 0 rings (SSSR count). The van der Waals surface area contributed by atoms with Crippen molar-refractivity contribution in [3.05, 3.63) is 36.5 Å². The van der Waals surface area contributed by atoms with Crippen LogP contribution in [0.5, 0.6) is 0 Å². The van der Waals surface area contributed by atoms with Gasteiger partial charge in [-0.25, -0.2) is 0 Å². The van der Waals surface area contributed by atoms with Crippen LogP contribution < -0.4 is 0 Å². The average molecular weight is 405 g/mol. The van der Waals surface area contributed by atoms with E-state index in [4.69, 9.17) is 5.11 Å². The molecule has 0 saturated heterocycles. The Kier molecular flexibility index (Phi) is 23.6. The van der Waals surface area contributed by atoms with Crippen molar-refractivity contribution >= 4 is 5.97 Å². The molecule has 2 heteroatoms. The van der Waals surface area contributed by atoms with Crippen molar-refractivity contribution in [2.45, 2.75) is 129 Å². The van der Waals surface area contributed by atoms with Gasteiger partial charge >= 0.3 is 5.97 Å². The van der Waals surface area contributed by atoms with E-state index in [2.05, 4.69) is 43.4 Å². The predicted octanol–water partition coefficient (Wildman–Crippen LogP) is 9.17. The largest absolute Gasteiger partial charge is 0.481 e. The van der Waals surface area contributed by atoms with Crippen LogP contribution in [0.4, 0.5) is 0 Å². The minimum Gasteiger partial charge on any atom is -0.481 e. The summed E-state index contributed by atoms with van der Waals surface area (Å²) in [6.45, 7) is 2.27. The molecule has 0 aliphatic rings. The van der Waals surface area contributed by atoms with Crippen LogP contribution in [0.15, 0.2) is 36.5 Å². The quantitative estimate of drug-likeness (QED) is 0.144. The number of carboxylic acid groups (broad SMARTS) is 1. The smallest absolute Gasteiger partial charge is 0.303 e. The van der Waals surface area contributed by atoms with Crippen LogP contribution in [0, 0.1) is 0 Å². The highest BCUT2D eigenvalue weighted by atomic mass is 16.4. The molecule has 0 unspecified atom stereocenters. The Morgan fingerprint density at radius 1 is 0.552 bits per heavy atom. The summed E-state index contributed by atoms with van der Waals surface area (Å²) in [5.41, 5.74) is 0. The van der Waals surface area contributed by atoms with E-state index in [0.717, 1.165) is 25.7 Å². The third kappa shape index (κ3) is 26.7. The van der Waals surface area contributed by atoms with Crippen LogP contribution in [0.2, 0.25) is 0 Å². The molecule has 0 heterocycles. The van der Waals surface area contributed by atoms with Gasteiger partial charge in [-0.05, 0) is 44.9 Å². The molecule has 0 atom stereocenters. The van der Waals surface area contributed by atoms with Crippen molar-refractivity contribution in [3.63, 3.8) is 0 Å². The van der Waals surface area contributed by atoms with Gasteiger partial charge in [0.05, 0.1) is 0 Å². The van der Waals surface area contributed by atoms with Gasteiger partial charge in [-0.2, -0.15) is 0 Å². The molecule has 0 radical (unpaired) electrons. The molecule has 0 bridgehead atoms. The Morgan fingerprint density at radius 2 is 0.931 bits per heavy atom. The van der Waals surface area contributed by atoms with Gasteiger partial charge in [0.15, 0.2) is 0 Å². The Balaban J connectivity index is 3.23. The first-order chi connectivity index (χ1) is 14.3. The average Bonchev–Trinajstić information content (AvgIpc) is 2.71. The van der Waals surface area contributed by atoms with Crippen LogP contribution in [0.3, 0.4) is 0 Å². The normalized spacial score (nSPS) is 12.0. The van der Waals surface area contributed by atoms with Gasteiger partial charge in [0, 0.05) is 6.42 Å². The number of carboxylic acids is 1. The van der Waals surface area contributed by atoms with Gasteiger partial charge in [0.2, 0.25) is 0 Å². The minimum atomic E-state index is -0.661. The summed E-state index contributed by atoms with van der Waals surface area (Å²) in [7, 11) is 0. The number of hydrogen-bond donors (Lipinski definition) is 1. The van der Waals surface area contributed by atoms with Crippen LogP contribution in [0.1, 0.15) is 129 Å². The number of allylic oxidation sites excluding steroid dienone is 6. The zero-order valence-electron chi connectivity index (χ0n) is 19.3. The van der Waals surface area contributed by atoms with Crippen molar-refractivity contribution in [3.8, 4) is 0 Å². The van der Waals surface area contributed by atoms with Crippen LogP contribution in [-0.2, 0) is 4.79 Å². The maximum atomic E-state index is 10.4. The van der Waals surface area contributed by atoms with E-state index in [1.54, 1.807) is 0 Å². The van der Waals surface area contributed by atoms with Crippen molar-refractivity contribution < 1.29 is 9.90 Å². The van der Waals surface area contributed by atoms with E-state index in [9.17, 15) is 4.79 Å². The van der Waals surface area contributed by atoms with Gasteiger partial charge in [-0.1, -0.05) is 114 Å². The van der Waals surface area contributed by atoms with Crippen molar-refractivity contribution in [1.29, 1.82) is 0 Å². The first kappa shape index (κ1) is 27.7. The van der Waals surface area contributed by atoms with E-state index in [-0.39, 0.29) is 0 Å². The molecular weight excluding hydrogens is 356 g/mol. The molecule has 0 fully saturated rings. The van der Waals surface area contributed by atoms with Gasteiger partial charge < -0.3 is 5.11 Å². The number of aliphatic carboxylic acids is 1. The Hall–Kier alpha value is -1.31. The summed E-state index contributed by atoms with van der Waals surface area (Å²) in [4.78, 5) is 10.4. The highest BCUT2D eigenvalue weighted by Crippen LogP contribution is 2.11. The standard InChI is InChI=1S/C27H48O2/c1-2-3-4-5-6-7-8-9-10-11-12-13-14-15-16-17-18-19-20-21-22-23-24-25-26-27(28)29/h8-9,11-12,14-15H,2-7,10,13,16-26H2,1H3,(H,28,29). The van der Waals surface area contributed by atoms with Gasteiger partial charge in [-0.15, -0.1) is 0 Å². The molecule has 0 saturated carbocycles. The van der Waals surface area contributed by atoms with Gasteiger partial charge in [0.25, 0.3) is 0 Å². The maximum absolute atomic E-state index is 10.4. The molecule has 0 aromatic rings. The second kappa shape index (κ2) is 24.7. The molecule has 168 valence electrons.